The van der Waals surface area contributed by atoms with Crippen molar-refractivity contribution in [1.29, 1.82) is 0 Å². The van der Waals surface area contributed by atoms with Gasteiger partial charge < -0.3 is 21.3 Å². The Morgan fingerprint density at radius 3 is 2.19 bits per heavy atom. The number of benzene rings is 2. The topological polar surface area (TPSA) is 104 Å². The number of anilines is 6. The molecular formula is C23H20ClN7O. The number of amides is 2. The maximum absolute atomic E-state index is 12.2. The Labute approximate surface area is 190 Å². The van der Waals surface area contributed by atoms with Crippen LogP contribution in [0.25, 0.3) is 0 Å². The van der Waals surface area contributed by atoms with E-state index >= 15 is 0 Å². The Morgan fingerprint density at radius 1 is 0.781 bits per heavy atom. The average Bonchev–Trinajstić information content (AvgIpc) is 2.77. The third-order valence-corrected chi connectivity index (χ3v) is 4.63. The van der Waals surface area contributed by atoms with Gasteiger partial charge in [-0.15, -0.1) is 0 Å². The predicted molar refractivity (Wildman–Crippen MR) is 128 cm³/mol. The van der Waals surface area contributed by atoms with E-state index in [1.165, 1.54) is 0 Å². The van der Waals surface area contributed by atoms with Crippen LogP contribution in [0.3, 0.4) is 0 Å². The summed E-state index contributed by atoms with van der Waals surface area (Å²) in [5.74, 6) is 2.58. The van der Waals surface area contributed by atoms with Gasteiger partial charge in [-0.05, 0) is 55.5 Å². The number of nitrogens with zero attached hydrogens (tertiary/aromatic N) is 3. The zero-order valence-corrected chi connectivity index (χ0v) is 17.9. The lowest BCUT2D eigenvalue weighted by atomic mass is 10.2. The standard InChI is InChI=1S/C23H20ClN7O/c1-15-26-21(14-22(27-15)31-20-8-4-5-13-25-20)28-16-9-11-17(12-10-16)29-23(32)30-19-7-3-2-6-18(19)24/h2-14H,1H3,(H2,29,30,32)(H2,25,26,27,28,31). The molecule has 2 aromatic carbocycles. The summed E-state index contributed by atoms with van der Waals surface area (Å²) in [6.45, 7) is 1.82. The summed E-state index contributed by atoms with van der Waals surface area (Å²) in [4.78, 5) is 25.3. The molecule has 0 spiro atoms. The Kier molecular flexibility index (Phi) is 6.43. The van der Waals surface area contributed by atoms with Crippen molar-refractivity contribution in [1.82, 2.24) is 15.0 Å². The van der Waals surface area contributed by atoms with Gasteiger partial charge in [-0.2, -0.15) is 0 Å². The summed E-state index contributed by atoms with van der Waals surface area (Å²) in [6.07, 6.45) is 1.71. The first-order chi connectivity index (χ1) is 15.5. The zero-order chi connectivity index (χ0) is 22.3. The zero-order valence-electron chi connectivity index (χ0n) is 17.1. The van der Waals surface area contributed by atoms with Crippen LogP contribution in [0.4, 0.5) is 39.3 Å². The third-order valence-electron chi connectivity index (χ3n) is 4.30. The highest BCUT2D eigenvalue weighted by molar-refractivity contribution is 6.33. The van der Waals surface area contributed by atoms with Gasteiger partial charge in [0.1, 0.15) is 23.3 Å². The van der Waals surface area contributed by atoms with Gasteiger partial charge in [0.2, 0.25) is 0 Å². The van der Waals surface area contributed by atoms with Crippen LogP contribution in [-0.4, -0.2) is 21.0 Å². The number of hydrogen-bond donors (Lipinski definition) is 4. The van der Waals surface area contributed by atoms with Gasteiger partial charge in [0.25, 0.3) is 0 Å². The van der Waals surface area contributed by atoms with Crippen molar-refractivity contribution in [3.8, 4) is 0 Å². The second-order valence-corrected chi connectivity index (χ2v) is 7.19. The molecule has 9 heteroatoms. The number of carbonyl (C=O) groups excluding carboxylic acids is 1. The Hall–Kier alpha value is -4.17. The maximum atomic E-state index is 12.2. The summed E-state index contributed by atoms with van der Waals surface area (Å²) < 4.78 is 0. The normalized spacial score (nSPS) is 10.3. The number of rotatable bonds is 6. The molecule has 2 amide bonds. The van der Waals surface area contributed by atoms with E-state index in [0.717, 1.165) is 5.69 Å². The number of halogens is 1. The molecule has 0 saturated heterocycles. The van der Waals surface area contributed by atoms with Crippen molar-refractivity contribution < 1.29 is 4.79 Å². The molecule has 4 rings (SSSR count). The second kappa shape index (κ2) is 9.76. The minimum absolute atomic E-state index is 0.379. The molecule has 0 radical (unpaired) electrons. The van der Waals surface area contributed by atoms with Crippen LogP contribution < -0.4 is 21.3 Å². The van der Waals surface area contributed by atoms with E-state index in [1.54, 1.807) is 48.7 Å². The van der Waals surface area contributed by atoms with E-state index in [1.807, 2.05) is 37.3 Å². The highest BCUT2D eigenvalue weighted by atomic mass is 35.5. The van der Waals surface area contributed by atoms with E-state index in [9.17, 15) is 4.79 Å². The minimum atomic E-state index is -0.379. The molecule has 0 aliphatic heterocycles. The van der Waals surface area contributed by atoms with Crippen LogP contribution in [0, 0.1) is 6.92 Å². The van der Waals surface area contributed by atoms with Gasteiger partial charge in [-0.3, -0.25) is 0 Å². The monoisotopic (exact) mass is 445 g/mol. The molecule has 2 aromatic heterocycles. The van der Waals surface area contributed by atoms with Gasteiger partial charge in [-0.25, -0.2) is 19.7 Å². The molecule has 0 aliphatic rings. The lowest BCUT2D eigenvalue weighted by Crippen LogP contribution is -2.19. The average molecular weight is 446 g/mol. The first-order valence-electron chi connectivity index (χ1n) is 9.78. The summed E-state index contributed by atoms with van der Waals surface area (Å²) in [6, 6.07) is 21.3. The van der Waals surface area contributed by atoms with Crippen molar-refractivity contribution >= 4 is 52.1 Å². The number of carbonyl (C=O) groups is 1. The molecule has 4 N–H and O–H groups in total. The fourth-order valence-corrected chi connectivity index (χ4v) is 3.08. The fourth-order valence-electron chi connectivity index (χ4n) is 2.90. The van der Waals surface area contributed by atoms with E-state index in [-0.39, 0.29) is 6.03 Å². The van der Waals surface area contributed by atoms with Gasteiger partial charge >= 0.3 is 6.03 Å². The molecule has 0 bridgehead atoms. The summed E-state index contributed by atoms with van der Waals surface area (Å²) in [5, 5.41) is 12.4. The molecule has 2 heterocycles. The molecule has 0 atom stereocenters. The van der Waals surface area contributed by atoms with E-state index in [4.69, 9.17) is 11.6 Å². The first-order valence-corrected chi connectivity index (χ1v) is 10.2. The number of para-hydroxylation sites is 1. The smallest absolute Gasteiger partial charge is 0.323 e. The molecule has 8 nitrogen and oxygen atoms in total. The third kappa shape index (κ3) is 5.71. The molecule has 32 heavy (non-hydrogen) atoms. The second-order valence-electron chi connectivity index (χ2n) is 6.79. The fraction of sp³-hybridized carbons (Fsp3) is 0.0435. The van der Waals surface area contributed by atoms with Crippen molar-refractivity contribution in [2.75, 3.05) is 21.3 Å². The Bertz CT molecular complexity index is 1220. The lowest BCUT2D eigenvalue weighted by molar-refractivity contribution is 0.262. The Balaban J connectivity index is 1.39. The Morgan fingerprint density at radius 2 is 1.47 bits per heavy atom. The van der Waals surface area contributed by atoms with Crippen LogP contribution in [0.2, 0.25) is 5.02 Å². The van der Waals surface area contributed by atoms with Gasteiger partial charge in [0.15, 0.2) is 0 Å². The highest BCUT2D eigenvalue weighted by Gasteiger charge is 2.07. The number of aromatic nitrogens is 3. The number of nitrogens with one attached hydrogen (secondary N) is 4. The first kappa shape index (κ1) is 21.1. The summed E-state index contributed by atoms with van der Waals surface area (Å²) in [7, 11) is 0. The molecule has 0 unspecified atom stereocenters. The molecule has 0 aliphatic carbocycles. The molecule has 160 valence electrons. The van der Waals surface area contributed by atoms with Crippen molar-refractivity contribution in [2.24, 2.45) is 0 Å². The SMILES string of the molecule is Cc1nc(Nc2ccc(NC(=O)Nc3ccccc3Cl)cc2)cc(Nc2ccccn2)n1. The number of hydrogen-bond acceptors (Lipinski definition) is 6. The van der Waals surface area contributed by atoms with Crippen molar-refractivity contribution in [3.05, 3.63) is 89.8 Å². The predicted octanol–water partition coefficient (Wildman–Crippen LogP) is 5.96. The van der Waals surface area contributed by atoms with Crippen LogP contribution in [0.15, 0.2) is 79.0 Å². The van der Waals surface area contributed by atoms with Gasteiger partial charge in [0.05, 0.1) is 10.7 Å². The number of aryl methyl sites for hydroxylation is 1. The van der Waals surface area contributed by atoms with Gasteiger partial charge in [-0.1, -0.05) is 29.8 Å². The summed E-state index contributed by atoms with van der Waals surface area (Å²) in [5.41, 5.74) is 1.99. The number of urea groups is 1. The van der Waals surface area contributed by atoms with Crippen molar-refractivity contribution in [2.45, 2.75) is 6.92 Å². The van der Waals surface area contributed by atoms with Crippen LogP contribution in [0.1, 0.15) is 5.82 Å². The van der Waals surface area contributed by atoms with Crippen LogP contribution >= 0.6 is 11.6 Å². The molecule has 0 fully saturated rings. The lowest BCUT2D eigenvalue weighted by Gasteiger charge is -2.11. The summed E-state index contributed by atoms with van der Waals surface area (Å²) >= 11 is 6.07. The molecule has 0 saturated carbocycles. The largest absolute Gasteiger partial charge is 0.340 e. The van der Waals surface area contributed by atoms with Crippen LogP contribution in [0.5, 0.6) is 0 Å². The minimum Gasteiger partial charge on any atom is -0.340 e. The van der Waals surface area contributed by atoms with E-state index in [0.29, 0.717) is 39.7 Å². The molecular weight excluding hydrogens is 426 g/mol. The highest BCUT2D eigenvalue weighted by Crippen LogP contribution is 2.23. The van der Waals surface area contributed by atoms with Crippen molar-refractivity contribution in [3.63, 3.8) is 0 Å². The quantitative estimate of drug-likeness (QED) is 0.291. The van der Waals surface area contributed by atoms with E-state index in [2.05, 4.69) is 36.2 Å². The maximum Gasteiger partial charge on any atom is 0.323 e. The van der Waals surface area contributed by atoms with E-state index < -0.39 is 0 Å². The molecule has 4 aromatic rings. The van der Waals surface area contributed by atoms with Crippen LogP contribution in [-0.2, 0) is 0 Å². The van der Waals surface area contributed by atoms with Gasteiger partial charge in [0, 0.05) is 23.6 Å². The number of pyridine rings is 1.